The Labute approximate surface area is 193 Å². The zero-order valence-corrected chi connectivity index (χ0v) is 19.2. The van der Waals surface area contributed by atoms with E-state index in [1.54, 1.807) is 30.3 Å². The molecule has 0 aromatic heterocycles. The van der Waals surface area contributed by atoms with Crippen LogP contribution in [-0.2, 0) is 14.3 Å². The quantitative estimate of drug-likeness (QED) is 0.389. The maximum atomic E-state index is 13.2. The van der Waals surface area contributed by atoms with E-state index in [9.17, 15) is 14.7 Å². The van der Waals surface area contributed by atoms with Crippen LogP contribution < -0.4 is 9.47 Å². The SMILES string of the molecule is CCOc1ccc(C2/C(=C(/O)c3ccc(C)cc3)C(=O)C(=O)N2CC2CCCO2)cc1OC. The maximum Gasteiger partial charge on any atom is 0.295 e. The van der Waals surface area contributed by atoms with Crippen LogP contribution >= 0.6 is 0 Å². The highest BCUT2D eigenvalue weighted by Gasteiger charge is 2.47. The van der Waals surface area contributed by atoms with E-state index in [0.717, 1.165) is 18.4 Å². The second-order valence-corrected chi connectivity index (χ2v) is 8.30. The van der Waals surface area contributed by atoms with Gasteiger partial charge in [0.05, 0.1) is 31.4 Å². The molecule has 2 fully saturated rings. The highest BCUT2D eigenvalue weighted by Crippen LogP contribution is 2.42. The molecule has 0 saturated carbocycles. The van der Waals surface area contributed by atoms with Crippen molar-refractivity contribution >= 4 is 17.4 Å². The second kappa shape index (κ2) is 9.67. The van der Waals surface area contributed by atoms with Gasteiger partial charge in [-0.3, -0.25) is 9.59 Å². The van der Waals surface area contributed by atoms with Crippen LogP contribution in [0.3, 0.4) is 0 Å². The van der Waals surface area contributed by atoms with Crippen molar-refractivity contribution in [3.8, 4) is 11.5 Å². The van der Waals surface area contributed by atoms with Crippen LogP contribution in [0.2, 0.25) is 0 Å². The Balaban J connectivity index is 1.83. The number of carbonyl (C=O) groups is 2. The lowest BCUT2D eigenvalue weighted by Crippen LogP contribution is -2.36. The fourth-order valence-corrected chi connectivity index (χ4v) is 4.42. The van der Waals surface area contributed by atoms with E-state index in [1.807, 2.05) is 26.0 Å². The summed E-state index contributed by atoms with van der Waals surface area (Å²) in [4.78, 5) is 27.8. The van der Waals surface area contributed by atoms with E-state index in [0.29, 0.717) is 35.8 Å². The Morgan fingerprint density at radius 3 is 2.55 bits per heavy atom. The van der Waals surface area contributed by atoms with Crippen LogP contribution in [0, 0.1) is 6.92 Å². The number of ketones is 1. The van der Waals surface area contributed by atoms with Crippen molar-refractivity contribution in [2.45, 2.75) is 38.8 Å². The van der Waals surface area contributed by atoms with Crippen molar-refractivity contribution < 1.29 is 28.9 Å². The normalized spacial score (nSPS) is 22.1. The summed E-state index contributed by atoms with van der Waals surface area (Å²) in [5, 5.41) is 11.2. The molecule has 1 amide bonds. The van der Waals surface area contributed by atoms with Gasteiger partial charge in [-0.15, -0.1) is 0 Å². The molecule has 2 aromatic rings. The number of ether oxygens (including phenoxy) is 3. The highest BCUT2D eigenvalue weighted by atomic mass is 16.5. The average molecular weight is 452 g/mol. The molecule has 4 rings (SSSR count). The van der Waals surface area contributed by atoms with Crippen molar-refractivity contribution in [1.29, 1.82) is 0 Å². The van der Waals surface area contributed by atoms with Crippen molar-refractivity contribution in [3.05, 3.63) is 64.7 Å². The molecule has 7 heteroatoms. The van der Waals surface area contributed by atoms with E-state index in [4.69, 9.17) is 14.2 Å². The number of aliphatic hydroxyl groups excluding tert-OH is 1. The van der Waals surface area contributed by atoms with E-state index in [1.165, 1.54) is 12.0 Å². The summed E-state index contributed by atoms with van der Waals surface area (Å²) in [5.41, 5.74) is 2.23. The van der Waals surface area contributed by atoms with Crippen LogP contribution in [0.25, 0.3) is 5.76 Å². The minimum absolute atomic E-state index is 0.0630. The lowest BCUT2D eigenvalue weighted by molar-refractivity contribution is -0.140. The molecule has 2 aliphatic heterocycles. The van der Waals surface area contributed by atoms with Crippen molar-refractivity contribution in [2.24, 2.45) is 0 Å². The molecule has 0 bridgehead atoms. The molecule has 1 N–H and O–H groups in total. The lowest BCUT2D eigenvalue weighted by atomic mass is 9.94. The van der Waals surface area contributed by atoms with Crippen molar-refractivity contribution in [1.82, 2.24) is 4.90 Å². The number of aryl methyl sites for hydroxylation is 1. The molecule has 2 saturated heterocycles. The zero-order chi connectivity index (χ0) is 23.5. The molecule has 33 heavy (non-hydrogen) atoms. The summed E-state index contributed by atoms with van der Waals surface area (Å²) in [7, 11) is 1.54. The van der Waals surface area contributed by atoms with Gasteiger partial charge in [-0.1, -0.05) is 35.9 Å². The molecular weight excluding hydrogens is 422 g/mol. The number of Topliss-reactive ketones (excluding diaryl/α,β-unsaturated/α-hetero) is 1. The minimum Gasteiger partial charge on any atom is -0.507 e. The topological polar surface area (TPSA) is 85.3 Å². The number of benzene rings is 2. The van der Waals surface area contributed by atoms with E-state index in [-0.39, 0.29) is 24.0 Å². The number of likely N-dealkylation sites (tertiary alicyclic amines) is 1. The molecular formula is C26H29NO6. The summed E-state index contributed by atoms with van der Waals surface area (Å²) in [6, 6.07) is 11.7. The predicted octanol–water partition coefficient (Wildman–Crippen LogP) is 4.00. The summed E-state index contributed by atoms with van der Waals surface area (Å²) in [6.07, 6.45) is 1.59. The molecule has 2 aromatic carbocycles. The molecule has 2 heterocycles. The predicted molar refractivity (Wildman–Crippen MR) is 123 cm³/mol. The first-order valence-corrected chi connectivity index (χ1v) is 11.2. The van der Waals surface area contributed by atoms with E-state index < -0.39 is 17.7 Å². The summed E-state index contributed by atoms with van der Waals surface area (Å²) < 4.78 is 16.9. The third-order valence-corrected chi connectivity index (χ3v) is 6.09. The molecule has 2 aliphatic rings. The Hall–Kier alpha value is -3.32. The first-order chi connectivity index (χ1) is 15.9. The van der Waals surface area contributed by atoms with Crippen LogP contribution in [0.4, 0.5) is 0 Å². The van der Waals surface area contributed by atoms with Crippen molar-refractivity contribution in [3.63, 3.8) is 0 Å². The summed E-state index contributed by atoms with van der Waals surface area (Å²) in [5.74, 6) is -0.479. The van der Waals surface area contributed by atoms with Crippen LogP contribution in [0.15, 0.2) is 48.0 Å². The molecule has 0 spiro atoms. The first kappa shape index (κ1) is 22.9. The number of hydrogen-bond donors (Lipinski definition) is 1. The van der Waals surface area contributed by atoms with Crippen LogP contribution in [0.5, 0.6) is 11.5 Å². The van der Waals surface area contributed by atoms with E-state index in [2.05, 4.69) is 0 Å². The van der Waals surface area contributed by atoms with E-state index >= 15 is 0 Å². The monoisotopic (exact) mass is 451 g/mol. The fourth-order valence-electron chi connectivity index (χ4n) is 4.42. The Bertz CT molecular complexity index is 1070. The number of nitrogens with zero attached hydrogens (tertiary/aromatic N) is 1. The van der Waals surface area contributed by atoms with Crippen LogP contribution in [-0.4, -0.2) is 54.7 Å². The van der Waals surface area contributed by atoms with Crippen molar-refractivity contribution in [2.75, 3.05) is 26.9 Å². The van der Waals surface area contributed by atoms with Gasteiger partial charge in [0.15, 0.2) is 11.5 Å². The maximum absolute atomic E-state index is 13.2. The molecule has 7 nitrogen and oxygen atoms in total. The number of carbonyl (C=O) groups excluding carboxylic acids is 2. The van der Waals surface area contributed by atoms with Crippen LogP contribution in [0.1, 0.15) is 42.5 Å². The minimum atomic E-state index is -0.764. The number of hydrogen-bond acceptors (Lipinski definition) is 6. The lowest BCUT2D eigenvalue weighted by Gasteiger charge is -2.28. The van der Waals surface area contributed by atoms with Gasteiger partial charge in [0, 0.05) is 18.7 Å². The number of rotatable bonds is 7. The van der Waals surface area contributed by atoms with Gasteiger partial charge in [0.1, 0.15) is 5.76 Å². The van der Waals surface area contributed by atoms with Gasteiger partial charge >= 0.3 is 0 Å². The van der Waals surface area contributed by atoms with Gasteiger partial charge in [-0.25, -0.2) is 0 Å². The molecule has 0 aliphatic carbocycles. The third kappa shape index (κ3) is 4.46. The van der Waals surface area contributed by atoms with Gasteiger partial charge < -0.3 is 24.2 Å². The first-order valence-electron chi connectivity index (χ1n) is 11.2. The highest BCUT2D eigenvalue weighted by molar-refractivity contribution is 6.46. The van der Waals surface area contributed by atoms with Gasteiger partial charge in [0.25, 0.3) is 11.7 Å². The smallest absolute Gasteiger partial charge is 0.295 e. The van der Waals surface area contributed by atoms with Gasteiger partial charge in [0.2, 0.25) is 0 Å². The standard InChI is InChI=1S/C26H29NO6/c1-4-32-20-12-11-18(14-21(20)31-3)23-22(24(28)17-9-7-16(2)8-10-17)25(29)26(30)27(23)15-19-6-5-13-33-19/h7-12,14,19,23,28H,4-6,13,15H2,1-3H3/b24-22-. The molecule has 2 atom stereocenters. The summed E-state index contributed by atoms with van der Waals surface area (Å²) >= 11 is 0. The number of aliphatic hydroxyl groups is 1. The van der Waals surface area contributed by atoms with Gasteiger partial charge in [-0.05, 0) is 44.4 Å². The number of amides is 1. The second-order valence-electron chi connectivity index (χ2n) is 8.30. The fraction of sp³-hybridized carbons (Fsp3) is 0.385. The Morgan fingerprint density at radius 2 is 1.91 bits per heavy atom. The molecule has 174 valence electrons. The molecule has 0 radical (unpaired) electrons. The zero-order valence-electron chi connectivity index (χ0n) is 19.2. The molecule has 2 unspecified atom stereocenters. The average Bonchev–Trinajstić information content (AvgIpc) is 3.42. The number of methoxy groups -OCH3 is 1. The summed E-state index contributed by atoms with van der Waals surface area (Å²) in [6.45, 7) is 5.21. The Kier molecular flexibility index (Phi) is 6.70. The Morgan fingerprint density at radius 1 is 1.15 bits per heavy atom. The van der Waals surface area contributed by atoms with Gasteiger partial charge in [-0.2, -0.15) is 0 Å². The largest absolute Gasteiger partial charge is 0.507 e. The third-order valence-electron chi connectivity index (χ3n) is 6.09.